The van der Waals surface area contributed by atoms with Crippen molar-refractivity contribution in [2.75, 3.05) is 23.5 Å². The van der Waals surface area contributed by atoms with Gasteiger partial charge >= 0.3 is 0 Å². The number of carbonyl (C=O) groups is 1. The Balaban J connectivity index is 1.64. The Morgan fingerprint density at radius 2 is 1.94 bits per heavy atom. The smallest absolute Gasteiger partial charge is 0.234 e. The number of rotatable bonds is 10. The van der Waals surface area contributed by atoms with E-state index in [0.717, 1.165) is 11.5 Å². The maximum atomic E-state index is 12.4. The molecule has 3 rings (SSSR count). The van der Waals surface area contributed by atoms with E-state index in [9.17, 15) is 4.79 Å². The number of nitrogens with one attached hydrogen (secondary N) is 2. The zero-order valence-electron chi connectivity index (χ0n) is 18.0. The van der Waals surface area contributed by atoms with Gasteiger partial charge in [0.1, 0.15) is 5.75 Å². The molecule has 1 heterocycles. The third-order valence-corrected chi connectivity index (χ3v) is 5.66. The molecule has 1 amide bonds. The third kappa shape index (κ3) is 5.88. The highest BCUT2D eigenvalue weighted by atomic mass is 32.2. The van der Waals surface area contributed by atoms with Gasteiger partial charge in [-0.1, -0.05) is 42.1 Å². The summed E-state index contributed by atoms with van der Waals surface area (Å²) >= 11 is 1.34. The normalized spacial score (nSPS) is 10.5. The second-order valence-electron chi connectivity index (χ2n) is 6.99. The van der Waals surface area contributed by atoms with Gasteiger partial charge < -0.3 is 19.9 Å². The molecule has 0 saturated heterocycles. The Bertz CT molecular complexity index is 1040. The van der Waals surface area contributed by atoms with E-state index in [1.165, 1.54) is 22.9 Å². The van der Waals surface area contributed by atoms with Crippen LogP contribution in [0.4, 0.5) is 11.4 Å². The number of carbonyl (C=O) groups excluding carboxylic acids is 1. The fourth-order valence-electron chi connectivity index (χ4n) is 3.16. The lowest BCUT2D eigenvalue weighted by Crippen LogP contribution is -2.15. The van der Waals surface area contributed by atoms with Crippen molar-refractivity contribution in [1.82, 2.24) is 14.8 Å². The molecule has 3 aromatic rings. The van der Waals surface area contributed by atoms with Crippen LogP contribution in [0.1, 0.15) is 17.0 Å². The lowest BCUT2D eigenvalue weighted by Gasteiger charge is -2.13. The second-order valence-corrected chi connectivity index (χ2v) is 7.93. The summed E-state index contributed by atoms with van der Waals surface area (Å²) in [5.74, 6) is 1.58. The first-order valence-corrected chi connectivity index (χ1v) is 10.9. The number of allylic oxidation sites excluding steroid dienone is 1. The second kappa shape index (κ2) is 10.7. The first kappa shape index (κ1) is 22.4. The zero-order valence-corrected chi connectivity index (χ0v) is 18.8. The largest absolute Gasteiger partial charge is 0.497 e. The Morgan fingerprint density at radius 1 is 1.19 bits per heavy atom. The third-order valence-electron chi connectivity index (χ3n) is 4.70. The fourth-order valence-corrected chi connectivity index (χ4v) is 3.92. The molecule has 0 radical (unpaired) electrons. The number of aryl methyl sites for hydroxylation is 2. The molecule has 2 aromatic carbocycles. The van der Waals surface area contributed by atoms with E-state index in [4.69, 9.17) is 4.74 Å². The first-order valence-electron chi connectivity index (χ1n) is 9.91. The number of methoxy groups -OCH3 is 1. The molecule has 31 heavy (non-hydrogen) atoms. The van der Waals surface area contributed by atoms with Crippen LogP contribution in [0.2, 0.25) is 0 Å². The minimum absolute atomic E-state index is 0.124. The SMILES string of the molecule is C=CCn1c(CNc2c(C)cccc2C)nnc1SCC(=O)Nc1cccc(OC)c1. The van der Waals surface area contributed by atoms with Crippen molar-refractivity contribution in [2.45, 2.75) is 32.1 Å². The van der Waals surface area contributed by atoms with Crippen LogP contribution >= 0.6 is 11.8 Å². The molecule has 2 N–H and O–H groups in total. The molecule has 162 valence electrons. The molecule has 0 aliphatic heterocycles. The number of anilines is 2. The molecule has 7 nitrogen and oxygen atoms in total. The minimum Gasteiger partial charge on any atom is -0.497 e. The number of ether oxygens (including phenoxy) is 1. The van der Waals surface area contributed by atoms with Gasteiger partial charge in [-0.2, -0.15) is 0 Å². The van der Waals surface area contributed by atoms with Crippen LogP contribution in [0.25, 0.3) is 0 Å². The van der Waals surface area contributed by atoms with Gasteiger partial charge in [0.15, 0.2) is 11.0 Å². The summed E-state index contributed by atoms with van der Waals surface area (Å²) < 4.78 is 7.16. The van der Waals surface area contributed by atoms with E-state index in [1.54, 1.807) is 19.3 Å². The molecule has 0 aliphatic rings. The van der Waals surface area contributed by atoms with E-state index in [0.29, 0.717) is 29.7 Å². The van der Waals surface area contributed by atoms with Gasteiger partial charge in [0.25, 0.3) is 0 Å². The highest BCUT2D eigenvalue weighted by molar-refractivity contribution is 7.99. The summed E-state index contributed by atoms with van der Waals surface area (Å²) in [5, 5.41) is 15.6. The van der Waals surface area contributed by atoms with Crippen LogP contribution in [0.5, 0.6) is 5.75 Å². The molecule has 0 aliphatic carbocycles. The van der Waals surface area contributed by atoms with Crippen LogP contribution in [0.15, 0.2) is 60.3 Å². The van der Waals surface area contributed by atoms with Gasteiger partial charge in [-0.15, -0.1) is 16.8 Å². The summed E-state index contributed by atoms with van der Waals surface area (Å²) in [6, 6.07) is 13.5. The van der Waals surface area contributed by atoms with Crippen molar-refractivity contribution >= 4 is 29.0 Å². The van der Waals surface area contributed by atoms with Gasteiger partial charge in [-0.05, 0) is 37.1 Å². The number of benzene rings is 2. The zero-order chi connectivity index (χ0) is 22.2. The molecule has 0 atom stereocenters. The van der Waals surface area contributed by atoms with E-state index < -0.39 is 0 Å². The molecular formula is C23H27N5O2S. The van der Waals surface area contributed by atoms with E-state index >= 15 is 0 Å². The summed E-state index contributed by atoms with van der Waals surface area (Å²) in [4.78, 5) is 12.4. The summed E-state index contributed by atoms with van der Waals surface area (Å²) in [7, 11) is 1.59. The van der Waals surface area contributed by atoms with Crippen LogP contribution in [0.3, 0.4) is 0 Å². The van der Waals surface area contributed by atoms with Crippen LogP contribution in [-0.2, 0) is 17.9 Å². The molecule has 0 fully saturated rings. The van der Waals surface area contributed by atoms with Gasteiger partial charge in [0.2, 0.25) is 5.91 Å². The first-order chi connectivity index (χ1) is 15.0. The molecular weight excluding hydrogens is 410 g/mol. The van der Waals surface area contributed by atoms with E-state index in [-0.39, 0.29) is 11.7 Å². The lowest BCUT2D eigenvalue weighted by atomic mass is 10.1. The Labute approximate surface area is 186 Å². The maximum absolute atomic E-state index is 12.4. The number of thioether (sulfide) groups is 1. The van der Waals surface area contributed by atoms with E-state index in [2.05, 4.69) is 53.4 Å². The van der Waals surface area contributed by atoms with Gasteiger partial charge in [-0.3, -0.25) is 4.79 Å². The van der Waals surface area contributed by atoms with Crippen molar-refractivity contribution in [2.24, 2.45) is 0 Å². The molecule has 0 bridgehead atoms. The summed E-state index contributed by atoms with van der Waals surface area (Å²) in [6.45, 7) is 9.08. The van der Waals surface area contributed by atoms with Crippen molar-refractivity contribution in [3.8, 4) is 5.75 Å². The monoisotopic (exact) mass is 437 g/mol. The average Bonchev–Trinajstić information content (AvgIpc) is 3.14. The van der Waals surface area contributed by atoms with Gasteiger partial charge in [-0.25, -0.2) is 0 Å². The van der Waals surface area contributed by atoms with Crippen molar-refractivity contribution in [3.05, 3.63) is 72.1 Å². The predicted molar refractivity (Wildman–Crippen MR) is 126 cm³/mol. The number of para-hydroxylation sites is 1. The molecule has 0 spiro atoms. The number of aromatic nitrogens is 3. The highest BCUT2D eigenvalue weighted by Gasteiger charge is 2.14. The maximum Gasteiger partial charge on any atom is 0.234 e. The molecule has 0 unspecified atom stereocenters. The van der Waals surface area contributed by atoms with Gasteiger partial charge in [0.05, 0.1) is 19.4 Å². The van der Waals surface area contributed by atoms with Crippen molar-refractivity contribution in [1.29, 1.82) is 0 Å². The van der Waals surface area contributed by atoms with Crippen LogP contribution in [-0.4, -0.2) is 33.5 Å². The number of nitrogens with zero attached hydrogens (tertiary/aromatic N) is 3. The molecule has 1 aromatic heterocycles. The van der Waals surface area contributed by atoms with Gasteiger partial charge in [0, 0.05) is 24.0 Å². The quantitative estimate of drug-likeness (QED) is 0.361. The highest BCUT2D eigenvalue weighted by Crippen LogP contribution is 2.22. The lowest BCUT2D eigenvalue weighted by molar-refractivity contribution is -0.113. The summed E-state index contributed by atoms with van der Waals surface area (Å²) in [6.07, 6.45) is 1.80. The standard InChI is InChI=1S/C23H27N5O2S/c1-5-12-28-20(14-24-22-16(2)8-6-9-17(22)3)26-27-23(28)31-15-21(29)25-18-10-7-11-19(13-18)30-4/h5-11,13,24H,1,12,14-15H2,2-4H3,(H,25,29). The molecule has 8 heteroatoms. The Morgan fingerprint density at radius 3 is 2.65 bits per heavy atom. The number of amides is 1. The Kier molecular flexibility index (Phi) is 7.72. The predicted octanol–water partition coefficient (Wildman–Crippen LogP) is 4.43. The number of hydrogen-bond donors (Lipinski definition) is 2. The van der Waals surface area contributed by atoms with Crippen molar-refractivity contribution in [3.63, 3.8) is 0 Å². The Hall–Kier alpha value is -3.26. The van der Waals surface area contributed by atoms with Crippen molar-refractivity contribution < 1.29 is 9.53 Å². The number of hydrogen-bond acceptors (Lipinski definition) is 6. The van der Waals surface area contributed by atoms with Crippen LogP contribution in [0, 0.1) is 13.8 Å². The minimum atomic E-state index is -0.124. The van der Waals surface area contributed by atoms with Crippen LogP contribution < -0.4 is 15.4 Å². The average molecular weight is 438 g/mol. The molecule has 0 saturated carbocycles. The topological polar surface area (TPSA) is 81.1 Å². The fraction of sp³-hybridized carbons (Fsp3) is 0.261. The van der Waals surface area contributed by atoms with E-state index in [1.807, 2.05) is 28.8 Å². The summed E-state index contributed by atoms with van der Waals surface area (Å²) in [5.41, 5.74) is 4.15.